The average Bonchev–Trinajstić information content (AvgIpc) is 2.98. The second-order valence-electron chi connectivity index (χ2n) is 4.40. The monoisotopic (exact) mass is 297 g/mol. The molecule has 0 amide bonds. The number of piperidine rings is 1. The molecule has 0 aliphatic carbocycles. The first kappa shape index (κ1) is 14.7. The molecule has 0 radical (unpaired) electrons. The molecule has 3 rings (SSSR count). The van der Waals surface area contributed by atoms with E-state index in [0.717, 1.165) is 13.0 Å². The largest absolute Gasteiger partial charge is 0.481 e. The van der Waals surface area contributed by atoms with Gasteiger partial charge in [0, 0.05) is 6.07 Å². The Hall–Kier alpha value is -1.73. The molecule has 1 fully saturated rings. The van der Waals surface area contributed by atoms with Crippen LogP contribution < -0.4 is 10.1 Å². The first-order valence-corrected chi connectivity index (χ1v) is 6.30. The molecule has 3 heterocycles. The van der Waals surface area contributed by atoms with Crippen LogP contribution in [0, 0.1) is 0 Å². The van der Waals surface area contributed by atoms with E-state index in [1.807, 2.05) is 0 Å². The molecular formula is C12H16ClN5O2. The van der Waals surface area contributed by atoms with Crippen LogP contribution in [0.3, 0.4) is 0 Å². The van der Waals surface area contributed by atoms with E-state index in [4.69, 9.17) is 9.26 Å². The molecule has 1 aliphatic heterocycles. The van der Waals surface area contributed by atoms with Crippen LogP contribution in [0.5, 0.6) is 5.88 Å². The van der Waals surface area contributed by atoms with E-state index in [0.29, 0.717) is 23.3 Å². The van der Waals surface area contributed by atoms with Crippen molar-refractivity contribution in [2.75, 3.05) is 13.7 Å². The van der Waals surface area contributed by atoms with Crippen LogP contribution in [0.2, 0.25) is 0 Å². The summed E-state index contributed by atoms with van der Waals surface area (Å²) in [7, 11) is 1.56. The number of halogens is 1. The minimum absolute atomic E-state index is 0. The predicted octanol–water partition coefficient (Wildman–Crippen LogP) is 1.77. The summed E-state index contributed by atoms with van der Waals surface area (Å²) < 4.78 is 10.4. The van der Waals surface area contributed by atoms with Crippen molar-refractivity contribution in [3.63, 3.8) is 0 Å². The van der Waals surface area contributed by atoms with Gasteiger partial charge in [-0.2, -0.15) is 4.98 Å². The Morgan fingerprint density at radius 1 is 1.35 bits per heavy atom. The van der Waals surface area contributed by atoms with E-state index in [-0.39, 0.29) is 18.4 Å². The van der Waals surface area contributed by atoms with Gasteiger partial charge in [-0.25, -0.2) is 9.97 Å². The fourth-order valence-electron chi connectivity index (χ4n) is 2.12. The molecule has 0 saturated carbocycles. The Morgan fingerprint density at radius 2 is 2.25 bits per heavy atom. The first-order chi connectivity index (χ1) is 9.36. The highest BCUT2D eigenvalue weighted by Crippen LogP contribution is 2.24. The lowest BCUT2D eigenvalue weighted by molar-refractivity contribution is 0.297. The third kappa shape index (κ3) is 3.05. The minimum Gasteiger partial charge on any atom is -0.481 e. The summed E-state index contributed by atoms with van der Waals surface area (Å²) in [5, 5.41) is 7.33. The fraction of sp³-hybridized carbons (Fsp3) is 0.500. The summed E-state index contributed by atoms with van der Waals surface area (Å²) in [4.78, 5) is 12.5. The summed E-state index contributed by atoms with van der Waals surface area (Å²) in [6.07, 6.45) is 4.81. The standard InChI is InChI=1S/C12H15N5O2.ClH/c1-18-10-6-9(14-7-15-10)11-16-12(19-17-11)8-4-2-3-5-13-8;/h6-8,13H,2-5H2,1H3;1H/t8-;/m0./s1. The van der Waals surface area contributed by atoms with Gasteiger partial charge in [0.2, 0.25) is 17.6 Å². The lowest BCUT2D eigenvalue weighted by atomic mass is 10.1. The fourth-order valence-corrected chi connectivity index (χ4v) is 2.12. The van der Waals surface area contributed by atoms with Crippen molar-refractivity contribution in [1.82, 2.24) is 25.4 Å². The van der Waals surface area contributed by atoms with Gasteiger partial charge < -0.3 is 14.6 Å². The summed E-state index contributed by atoms with van der Waals surface area (Å²) in [5.74, 6) is 1.56. The molecule has 20 heavy (non-hydrogen) atoms. The second-order valence-corrected chi connectivity index (χ2v) is 4.40. The van der Waals surface area contributed by atoms with Crippen LogP contribution in [0.1, 0.15) is 31.2 Å². The van der Waals surface area contributed by atoms with Gasteiger partial charge in [-0.15, -0.1) is 12.4 Å². The van der Waals surface area contributed by atoms with Crippen LogP contribution >= 0.6 is 12.4 Å². The van der Waals surface area contributed by atoms with Crippen molar-refractivity contribution < 1.29 is 9.26 Å². The molecule has 7 nitrogen and oxygen atoms in total. The highest BCUT2D eigenvalue weighted by Gasteiger charge is 2.21. The number of ether oxygens (including phenoxy) is 1. The van der Waals surface area contributed by atoms with Crippen LogP contribution in [0.25, 0.3) is 11.5 Å². The Kier molecular flexibility index (Phi) is 4.86. The quantitative estimate of drug-likeness (QED) is 0.924. The summed E-state index contributed by atoms with van der Waals surface area (Å²) in [6.45, 7) is 0.990. The van der Waals surface area contributed by atoms with Gasteiger partial charge >= 0.3 is 0 Å². The number of rotatable bonds is 3. The van der Waals surface area contributed by atoms with E-state index < -0.39 is 0 Å². The molecule has 0 unspecified atom stereocenters. The van der Waals surface area contributed by atoms with Crippen molar-refractivity contribution in [2.45, 2.75) is 25.3 Å². The van der Waals surface area contributed by atoms with Crippen molar-refractivity contribution in [1.29, 1.82) is 0 Å². The lowest BCUT2D eigenvalue weighted by Gasteiger charge is -2.19. The molecule has 2 aromatic rings. The molecule has 0 aromatic carbocycles. The number of methoxy groups -OCH3 is 1. The zero-order valence-corrected chi connectivity index (χ0v) is 11.9. The maximum Gasteiger partial charge on any atom is 0.244 e. The molecule has 1 saturated heterocycles. The maximum atomic E-state index is 5.31. The molecule has 8 heteroatoms. The van der Waals surface area contributed by atoms with Crippen molar-refractivity contribution in [3.05, 3.63) is 18.3 Å². The van der Waals surface area contributed by atoms with E-state index in [1.54, 1.807) is 13.2 Å². The van der Waals surface area contributed by atoms with Gasteiger partial charge in [0.05, 0.1) is 13.2 Å². The Morgan fingerprint density at radius 3 is 3.00 bits per heavy atom. The van der Waals surface area contributed by atoms with Gasteiger partial charge in [-0.3, -0.25) is 0 Å². The molecular weight excluding hydrogens is 282 g/mol. The van der Waals surface area contributed by atoms with Crippen LogP contribution in [-0.4, -0.2) is 33.8 Å². The van der Waals surface area contributed by atoms with Crippen LogP contribution in [0.4, 0.5) is 0 Å². The highest BCUT2D eigenvalue weighted by atomic mass is 35.5. The molecule has 1 N–H and O–H groups in total. The van der Waals surface area contributed by atoms with Gasteiger partial charge in [0.1, 0.15) is 12.0 Å². The lowest BCUT2D eigenvalue weighted by Crippen LogP contribution is -2.26. The van der Waals surface area contributed by atoms with Gasteiger partial charge in [-0.1, -0.05) is 11.6 Å². The van der Waals surface area contributed by atoms with Crippen LogP contribution in [-0.2, 0) is 0 Å². The molecule has 1 aliphatic rings. The van der Waals surface area contributed by atoms with E-state index in [2.05, 4.69) is 25.4 Å². The number of nitrogens with zero attached hydrogens (tertiary/aromatic N) is 4. The van der Waals surface area contributed by atoms with Crippen molar-refractivity contribution >= 4 is 12.4 Å². The molecule has 1 atom stereocenters. The molecule has 108 valence electrons. The highest BCUT2D eigenvalue weighted by molar-refractivity contribution is 5.85. The van der Waals surface area contributed by atoms with E-state index in [9.17, 15) is 0 Å². The minimum atomic E-state index is 0. The second kappa shape index (κ2) is 6.62. The van der Waals surface area contributed by atoms with Gasteiger partial charge in [0.25, 0.3) is 0 Å². The number of nitrogens with one attached hydrogen (secondary N) is 1. The SMILES string of the molecule is COc1cc(-c2noc([C@@H]3CCCCN3)n2)ncn1.Cl. The Balaban J connectivity index is 0.00000147. The topological polar surface area (TPSA) is 86.0 Å². The maximum absolute atomic E-state index is 5.31. The molecule has 2 aromatic heterocycles. The number of hydrogen-bond acceptors (Lipinski definition) is 7. The predicted molar refractivity (Wildman–Crippen MR) is 73.7 cm³/mol. The van der Waals surface area contributed by atoms with Crippen molar-refractivity contribution in [2.24, 2.45) is 0 Å². The van der Waals surface area contributed by atoms with Crippen molar-refractivity contribution in [3.8, 4) is 17.4 Å². The third-order valence-corrected chi connectivity index (χ3v) is 3.13. The van der Waals surface area contributed by atoms with Gasteiger partial charge in [0.15, 0.2) is 0 Å². The van der Waals surface area contributed by atoms with Gasteiger partial charge in [-0.05, 0) is 19.4 Å². The molecule has 0 bridgehead atoms. The number of aromatic nitrogens is 4. The smallest absolute Gasteiger partial charge is 0.244 e. The normalized spacial score (nSPS) is 18.4. The summed E-state index contributed by atoms with van der Waals surface area (Å²) >= 11 is 0. The molecule has 0 spiro atoms. The summed E-state index contributed by atoms with van der Waals surface area (Å²) in [6, 6.07) is 1.84. The summed E-state index contributed by atoms with van der Waals surface area (Å²) in [5.41, 5.74) is 0.595. The zero-order valence-electron chi connectivity index (χ0n) is 11.1. The Bertz CT molecular complexity index is 556. The first-order valence-electron chi connectivity index (χ1n) is 6.30. The Labute approximate surface area is 122 Å². The number of hydrogen-bond donors (Lipinski definition) is 1. The van der Waals surface area contributed by atoms with Crippen LogP contribution in [0.15, 0.2) is 16.9 Å². The average molecular weight is 298 g/mol. The zero-order chi connectivity index (χ0) is 13.1. The third-order valence-electron chi connectivity index (χ3n) is 3.13. The van der Waals surface area contributed by atoms with E-state index in [1.165, 1.54) is 19.2 Å². The van der Waals surface area contributed by atoms with E-state index >= 15 is 0 Å².